The highest BCUT2D eigenvalue weighted by Crippen LogP contribution is 2.19. The average molecular weight is 269 g/mol. The van der Waals surface area contributed by atoms with Gasteiger partial charge in [0, 0.05) is 13.1 Å². The lowest BCUT2D eigenvalue weighted by atomic mass is 9.94. The van der Waals surface area contributed by atoms with E-state index in [0.29, 0.717) is 12.5 Å². The number of likely N-dealkylation sites (tertiary alicyclic amines) is 1. The van der Waals surface area contributed by atoms with Gasteiger partial charge in [-0.15, -0.1) is 0 Å². The van der Waals surface area contributed by atoms with Gasteiger partial charge < -0.3 is 10.6 Å². The molecule has 0 bridgehead atoms. The third kappa shape index (κ3) is 5.91. The van der Waals surface area contributed by atoms with Gasteiger partial charge in [-0.2, -0.15) is 0 Å². The molecule has 112 valence electrons. The Bertz CT molecular complexity index is 244. The lowest BCUT2D eigenvalue weighted by molar-refractivity contribution is -0.132. The van der Waals surface area contributed by atoms with Crippen molar-refractivity contribution in [2.75, 3.05) is 39.3 Å². The van der Waals surface area contributed by atoms with Gasteiger partial charge >= 0.3 is 0 Å². The summed E-state index contributed by atoms with van der Waals surface area (Å²) in [6, 6.07) is 0. The Morgan fingerprint density at radius 2 is 1.79 bits per heavy atom. The number of carbonyl (C=O) groups is 1. The van der Waals surface area contributed by atoms with E-state index in [4.69, 9.17) is 5.73 Å². The average Bonchev–Trinajstić information content (AvgIpc) is 2.41. The summed E-state index contributed by atoms with van der Waals surface area (Å²) in [7, 11) is 0. The zero-order chi connectivity index (χ0) is 14.1. The fourth-order valence-electron chi connectivity index (χ4n) is 2.86. The fourth-order valence-corrected chi connectivity index (χ4v) is 2.86. The molecule has 1 heterocycles. The van der Waals surface area contributed by atoms with Crippen LogP contribution in [0.3, 0.4) is 0 Å². The van der Waals surface area contributed by atoms with E-state index in [0.717, 1.165) is 57.9 Å². The van der Waals surface area contributed by atoms with E-state index in [1.54, 1.807) is 0 Å². The van der Waals surface area contributed by atoms with Crippen molar-refractivity contribution in [2.24, 2.45) is 11.7 Å². The smallest absolute Gasteiger partial charge is 0.236 e. The van der Waals surface area contributed by atoms with Crippen LogP contribution in [0.1, 0.15) is 46.0 Å². The summed E-state index contributed by atoms with van der Waals surface area (Å²) >= 11 is 0. The highest BCUT2D eigenvalue weighted by atomic mass is 16.2. The van der Waals surface area contributed by atoms with Crippen LogP contribution in [0.2, 0.25) is 0 Å². The summed E-state index contributed by atoms with van der Waals surface area (Å²) in [6.07, 6.45) is 5.63. The zero-order valence-electron chi connectivity index (χ0n) is 12.7. The molecule has 1 aliphatic rings. The van der Waals surface area contributed by atoms with Crippen molar-refractivity contribution in [1.29, 1.82) is 0 Å². The first-order chi connectivity index (χ1) is 9.21. The maximum absolute atomic E-state index is 12.3. The first-order valence-corrected chi connectivity index (χ1v) is 7.91. The molecule has 1 aliphatic heterocycles. The van der Waals surface area contributed by atoms with Gasteiger partial charge in [-0.3, -0.25) is 9.69 Å². The Kier molecular flexibility index (Phi) is 8.07. The van der Waals surface area contributed by atoms with Crippen LogP contribution in [0.4, 0.5) is 0 Å². The number of hydrogen-bond donors (Lipinski definition) is 1. The second-order valence-electron chi connectivity index (χ2n) is 5.68. The summed E-state index contributed by atoms with van der Waals surface area (Å²) in [5.74, 6) is 1.08. The molecule has 0 unspecified atom stereocenters. The van der Waals surface area contributed by atoms with E-state index in [-0.39, 0.29) is 0 Å². The molecule has 0 aromatic carbocycles. The number of piperidine rings is 1. The Hall–Kier alpha value is -0.610. The van der Waals surface area contributed by atoms with E-state index in [2.05, 4.69) is 18.7 Å². The van der Waals surface area contributed by atoms with Crippen molar-refractivity contribution in [2.45, 2.75) is 46.0 Å². The van der Waals surface area contributed by atoms with Crippen molar-refractivity contribution < 1.29 is 4.79 Å². The molecular weight excluding hydrogens is 238 g/mol. The zero-order valence-corrected chi connectivity index (χ0v) is 12.7. The quantitative estimate of drug-likeness (QED) is 0.729. The fraction of sp³-hybridized carbons (Fsp3) is 0.933. The summed E-state index contributed by atoms with van der Waals surface area (Å²) in [4.78, 5) is 16.6. The molecule has 1 saturated heterocycles. The summed E-state index contributed by atoms with van der Waals surface area (Å²) in [5.41, 5.74) is 5.61. The Morgan fingerprint density at radius 1 is 1.21 bits per heavy atom. The van der Waals surface area contributed by atoms with E-state index in [1.807, 2.05) is 4.90 Å². The lowest BCUT2D eigenvalue weighted by Gasteiger charge is -2.33. The van der Waals surface area contributed by atoms with Gasteiger partial charge in [0.2, 0.25) is 5.91 Å². The summed E-state index contributed by atoms with van der Waals surface area (Å²) in [6.45, 7) is 9.58. The van der Waals surface area contributed by atoms with E-state index >= 15 is 0 Å². The molecule has 4 heteroatoms. The molecule has 0 aromatic rings. The number of hydrogen-bond acceptors (Lipinski definition) is 3. The molecule has 0 aliphatic carbocycles. The Labute approximate surface area is 118 Å². The normalized spacial score (nSPS) is 17.6. The Balaban J connectivity index is 2.32. The van der Waals surface area contributed by atoms with E-state index in [9.17, 15) is 4.79 Å². The molecule has 0 atom stereocenters. The number of nitrogens with zero attached hydrogens (tertiary/aromatic N) is 2. The molecule has 4 nitrogen and oxygen atoms in total. The van der Waals surface area contributed by atoms with Crippen LogP contribution in [-0.4, -0.2) is 55.0 Å². The van der Waals surface area contributed by atoms with Crippen LogP contribution in [0.15, 0.2) is 0 Å². The molecule has 0 radical (unpaired) electrons. The van der Waals surface area contributed by atoms with Crippen LogP contribution < -0.4 is 5.73 Å². The molecule has 2 N–H and O–H groups in total. The first-order valence-electron chi connectivity index (χ1n) is 7.91. The number of nitrogens with two attached hydrogens (primary N) is 1. The van der Waals surface area contributed by atoms with Gasteiger partial charge in [0.15, 0.2) is 0 Å². The third-order valence-corrected chi connectivity index (χ3v) is 3.98. The summed E-state index contributed by atoms with van der Waals surface area (Å²) in [5, 5.41) is 0. The maximum atomic E-state index is 12.3. The highest BCUT2D eigenvalue weighted by molar-refractivity contribution is 5.78. The molecule has 0 spiro atoms. The van der Waals surface area contributed by atoms with Gasteiger partial charge in [-0.1, -0.05) is 13.8 Å². The van der Waals surface area contributed by atoms with E-state index < -0.39 is 0 Å². The minimum atomic E-state index is 0.306. The molecule has 0 aromatic heterocycles. The summed E-state index contributed by atoms with van der Waals surface area (Å²) < 4.78 is 0. The first kappa shape index (κ1) is 16.4. The lowest BCUT2D eigenvalue weighted by Crippen LogP contribution is -2.44. The van der Waals surface area contributed by atoms with Crippen LogP contribution in [0.25, 0.3) is 0 Å². The topological polar surface area (TPSA) is 49.6 Å². The van der Waals surface area contributed by atoms with Crippen molar-refractivity contribution >= 4 is 5.91 Å². The monoisotopic (exact) mass is 269 g/mol. The van der Waals surface area contributed by atoms with Gasteiger partial charge in [0.25, 0.3) is 0 Å². The molecular formula is C15H31N3O. The minimum Gasteiger partial charge on any atom is -0.342 e. The van der Waals surface area contributed by atoms with Crippen LogP contribution in [0, 0.1) is 5.92 Å². The van der Waals surface area contributed by atoms with Crippen LogP contribution >= 0.6 is 0 Å². The second kappa shape index (κ2) is 9.32. The molecule has 0 saturated carbocycles. The standard InChI is InChI=1S/C15H31N3O/c1-3-9-18(10-4-2)15(19)13-17-11-6-14(5-8-16)7-12-17/h14H,3-13,16H2,1-2H3. The van der Waals surface area contributed by atoms with Gasteiger partial charge in [-0.25, -0.2) is 0 Å². The predicted octanol–water partition coefficient (Wildman–Crippen LogP) is 1.70. The second-order valence-corrected chi connectivity index (χ2v) is 5.68. The molecule has 19 heavy (non-hydrogen) atoms. The van der Waals surface area contributed by atoms with Crippen molar-refractivity contribution in [3.8, 4) is 0 Å². The van der Waals surface area contributed by atoms with Gasteiger partial charge in [0.05, 0.1) is 6.54 Å². The largest absolute Gasteiger partial charge is 0.342 e. The Morgan fingerprint density at radius 3 is 2.26 bits per heavy atom. The van der Waals surface area contributed by atoms with Crippen LogP contribution in [-0.2, 0) is 4.79 Å². The minimum absolute atomic E-state index is 0.306. The third-order valence-electron chi connectivity index (χ3n) is 3.98. The van der Waals surface area contributed by atoms with Crippen LogP contribution in [0.5, 0.6) is 0 Å². The molecule has 1 rings (SSSR count). The van der Waals surface area contributed by atoms with E-state index in [1.165, 1.54) is 12.8 Å². The van der Waals surface area contributed by atoms with Crippen molar-refractivity contribution in [1.82, 2.24) is 9.80 Å². The van der Waals surface area contributed by atoms with Crippen molar-refractivity contribution in [3.05, 3.63) is 0 Å². The van der Waals surface area contributed by atoms with Gasteiger partial charge in [-0.05, 0) is 57.7 Å². The predicted molar refractivity (Wildman–Crippen MR) is 80.0 cm³/mol. The van der Waals surface area contributed by atoms with Crippen molar-refractivity contribution in [3.63, 3.8) is 0 Å². The maximum Gasteiger partial charge on any atom is 0.236 e. The highest BCUT2D eigenvalue weighted by Gasteiger charge is 2.22. The number of carbonyl (C=O) groups excluding carboxylic acids is 1. The number of amides is 1. The number of rotatable bonds is 8. The van der Waals surface area contributed by atoms with Gasteiger partial charge in [0.1, 0.15) is 0 Å². The SMILES string of the molecule is CCCN(CCC)C(=O)CN1CCC(CCN)CC1. The molecule has 1 amide bonds. The molecule has 1 fully saturated rings.